The van der Waals surface area contributed by atoms with E-state index in [2.05, 4.69) is 4.90 Å². The molecule has 28 heavy (non-hydrogen) atoms. The van der Waals surface area contributed by atoms with E-state index in [-0.39, 0.29) is 17.9 Å². The summed E-state index contributed by atoms with van der Waals surface area (Å²) < 4.78 is 10.6. The minimum absolute atomic E-state index is 0.0576. The van der Waals surface area contributed by atoms with Crippen molar-refractivity contribution < 1.29 is 19.1 Å². The zero-order valence-corrected chi connectivity index (χ0v) is 16.2. The van der Waals surface area contributed by atoms with Crippen molar-refractivity contribution >= 4 is 11.8 Å². The van der Waals surface area contributed by atoms with E-state index in [1.54, 1.807) is 38.5 Å². The lowest BCUT2D eigenvalue weighted by atomic mass is 10.1. The first-order valence-corrected chi connectivity index (χ1v) is 9.52. The van der Waals surface area contributed by atoms with Crippen molar-refractivity contribution in [1.29, 1.82) is 0 Å². The van der Waals surface area contributed by atoms with Crippen LogP contribution >= 0.6 is 0 Å². The molecule has 0 bridgehead atoms. The van der Waals surface area contributed by atoms with Crippen molar-refractivity contribution in [3.05, 3.63) is 59.2 Å². The summed E-state index contributed by atoms with van der Waals surface area (Å²) >= 11 is 0. The number of carbonyl (C=O) groups excluding carboxylic acids is 2. The average molecular weight is 380 g/mol. The van der Waals surface area contributed by atoms with Gasteiger partial charge in [0.2, 0.25) is 0 Å². The number of rotatable bonds is 6. The van der Waals surface area contributed by atoms with E-state index >= 15 is 0 Å². The zero-order chi connectivity index (χ0) is 19.7. The Hall–Kier alpha value is -2.86. The molecule has 6 nitrogen and oxygen atoms in total. The van der Waals surface area contributed by atoms with Crippen molar-refractivity contribution in [3.63, 3.8) is 0 Å². The normalized spacial score (nSPS) is 19.2. The van der Waals surface area contributed by atoms with Crippen LogP contribution in [0, 0.1) is 0 Å². The lowest BCUT2D eigenvalue weighted by molar-refractivity contribution is 0.0588. The Morgan fingerprint density at radius 2 is 1.64 bits per heavy atom. The van der Waals surface area contributed by atoms with Gasteiger partial charge in [-0.05, 0) is 42.7 Å². The fourth-order valence-electron chi connectivity index (χ4n) is 4.09. The molecule has 0 saturated carbocycles. The first-order chi connectivity index (χ1) is 13.6. The molecule has 2 aliphatic rings. The Balaban J connectivity index is 1.38. The van der Waals surface area contributed by atoms with Gasteiger partial charge in [0.1, 0.15) is 0 Å². The predicted molar refractivity (Wildman–Crippen MR) is 105 cm³/mol. The van der Waals surface area contributed by atoms with E-state index in [0.717, 1.165) is 44.0 Å². The molecule has 1 unspecified atom stereocenters. The molecule has 2 aromatic rings. The number of amides is 2. The van der Waals surface area contributed by atoms with Crippen LogP contribution in [0.5, 0.6) is 11.5 Å². The van der Waals surface area contributed by atoms with Gasteiger partial charge in [-0.25, -0.2) is 0 Å². The topological polar surface area (TPSA) is 59.1 Å². The first-order valence-electron chi connectivity index (χ1n) is 9.52. The summed E-state index contributed by atoms with van der Waals surface area (Å²) in [4.78, 5) is 29.1. The molecule has 2 aliphatic heterocycles. The van der Waals surface area contributed by atoms with Gasteiger partial charge in [0, 0.05) is 19.6 Å². The maximum atomic E-state index is 12.7. The van der Waals surface area contributed by atoms with Gasteiger partial charge in [-0.15, -0.1) is 0 Å². The Labute approximate surface area is 164 Å². The monoisotopic (exact) mass is 380 g/mol. The standard InChI is InChI=1S/C22H24N2O4/c1-27-19-8-7-15(13-20(19)28-2)9-11-23-12-10-16(14-23)24-21(25)17-5-3-4-6-18(17)22(24)26/h3-8,13,16H,9-12,14H2,1-2H3. The van der Waals surface area contributed by atoms with Gasteiger partial charge in [0.15, 0.2) is 11.5 Å². The van der Waals surface area contributed by atoms with Gasteiger partial charge in [0.25, 0.3) is 11.8 Å². The summed E-state index contributed by atoms with van der Waals surface area (Å²) in [6, 6.07) is 13.0. The molecule has 1 fully saturated rings. The number of benzene rings is 2. The van der Waals surface area contributed by atoms with Crippen LogP contribution in [0.15, 0.2) is 42.5 Å². The molecule has 0 spiro atoms. The van der Waals surface area contributed by atoms with Crippen LogP contribution in [0.25, 0.3) is 0 Å². The smallest absolute Gasteiger partial charge is 0.261 e. The second-order valence-corrected chi connectivity index (χ2v) is 7.21. The Morgan fingerprint density at radius 1 is 0.964 bits per heavy atom. The van der Waals surface area contributed by atoms with Crippen molar-refractivity contribution in [2.75, 3.05) is 33.9 Å². The molecule has 2 heterocycles. The lowest BCUT2D eigenvalue weighted by Gasteiger charge is -2.22. The summed E-state index contributed by atoms with van der Waals surface area (Å²) in [6.45, 7) is 2.47. The van der Waals surface area contributed by atoms with E-state index in [1.165, 1.54) is 10.5 Å². The number of carbonyl (C=O) groups is 2. The molecule has 0 N–H and O–H groups in total. The van der Waals surface area contributed by atoms with Crippen molar-refractivity contribution in [1.82, 2.24) is 9.80 Å². The summed E-state index contributed by atoms with van der Waals surface area (Å²) in [7, 11) is 3.26. The minimum Gasteiger partial charge on any atom is -0.493 e. The fourth-order valence-corrected chi connectivity index (χ4v) is 4.09. The summed E-state index contributed by atoms with van der Waals surface area (Å²) in [5.41, 5.74) is 2.22. The highest BCUT2D eigenvalue weighted by atomic mass is 16.5. The molecule has 0 aliphatic carbocycles. The molecule has 2 amide bonds. The average Bonchev–Trinajstić information content (AvgIpc) is 3.29. The van der Waals surface area contributed by atoms with Gasteiger partial charge >= 0.3 is 0 Å². The summed E-state index contributed by atoms with van der Waals surface area (Å²) in [5.74, 6) is 1.13. The number of fused-ring (bicyclic) bond motifs is 1. The van der Waals surface area contributed by atoms with E-state index in [9.17, 15) is 9.59 Å². The van der Waals surface area contributed by atoms with Gasteiger partial charge in [0.05, 0.1) is 31.4 Å². The quantitative estimate of drug-likeness (QED) is 0.721. The summed E-state index contributed by atoms with van der Waals surface area (Å²) in [5, 5.41) is 0. The second-order valence-electron chi connectivity index (χ2n) is 7.21. The Bertz CT molecular complexity index is 876. The van der Waals surface area contributed by atoms with Crippen LogP contribution in [0.2, 0.25) is 0 Å². The van der Waals surface area contributed by atoms with Crippen molar-refractivity contribution in [2.45, 2.75) is 18.9 Å². The van der Waals surface area contributed by atoms with Crippen LogP contribution in [-0.4, -0.2) is 61.5 Å². The minimum atomic E-state index is -0.160. The van der Waals surface area contributed by atoms with Crippen molar-refractivity contribution in [3.8, 4) is 11.5 Å². The maximum absolute atomic E-state index is 12.7. The Kier molecular flexibility index (Phi) is 5.05. The largest absolute Gasteiger partial charge is 0.493 e. The fraction of sp³-hybridized carbons (Fsp3) is 0.364. The third-order valence-corrected chi connectivity index (χ3v) is 5.60. The molecule has 1 saturated heterocycles. The maximum Gasteiger partial charge on any atom is 0.261 e. The third-order valence-electron chi connectivity index (χ3n) is 5.60. The lowest BCUT2D eigenvalue weighted by Crippen LogP contribution is -2.41. The molecule has 146 valence electrons. The van der Waals surface area contributed by atoms with E-state index in [1.807, 2.05) is 18.2 Å². The van der Waals surface area contributed by atoms with Crippen molar-refractivity contribution in [2.24, 2.45) is 0 Å². The molecule has 6 heteroatoms. The SMILES string of the molecule is COc1ccc(CCN2CCC(N3C(=O)c4ccccc4C3=O)C2)cc1OC. The van der Waals surface area contributed by atoms with Crippen LogP contribution in [-0.2, 0) is 6.42 Å². The highest BCUT2D eigenvalue weighted by molar-refractivity contribution is 6.21. The highest BCUT2D eigenvalue weighted by Gasteiger charge is 2.41. The molecule has 2 aromatic carbocycles. The van der Waals surface area contributed by atoms with Gasteiger partial charge in [-0.1, -0.05) is 18.2 Å². The third kappa shape index (κ3) is 3.24. The number of ether oxygens (including phenoxy) is 2. The number of methoxy groups -OCH3 is 2. The van der Waals surface area contributed by atoms with Crippen LogP contribution < -0.4 is 9.47 Å². The highest BCUT2D eigenvalue weighted by Crippen LogP contribution is 2.29. The number of likely N-dealkylation sites (tertiary alicyclic amines) is 1. The molecular weight excluding hydrogens is 356 g/mol. The molecular formula is C22H24N2O4. The molecule has 0 radical (unpaired) electrons. The van der Waals surface area contributed by atoms with Crippen LogP contribution in [0.3, 0.4) is 0 Å². The number of imide groups is 1. The van der Waals surface area contributed by atoms with Gasteiger partial charge < -0.3 is 14.4 Å². The number of nitrogens with zero attached hydrogens (tertiary/aromatic N) is 2. The number of hydrogen-bond acceptors (Lipinski definition) is 5. The van der Waals surface area contributed by atoms with Gasteiger partial charge in [-0.2, -0.15) is 0 Å². The second kappa shape index (κ2) is 7.64. The van der Waals surface area contributed by atoms with Gasteiger partial charge in [-0.3, -0.25) is 14.5 Å². The predicted octanol–water partition coefficient (Wildman–Crippen LogP) is 2.62. The van der Waals surface area contributed by atoms with E-state index in [4.69, 9.17) is 9.47 Å². The Morgan fingerprint density at radius 3 is 2.29 bits per heavy atom. The zero-order valence-electron chi connectivity index (χ0n) is 16.2. The molecule has 0 aromatic heterocycles. The van der Waals surface area contributed by atoms with Crippen LogP contribution in [0.1, 0.15) is 32.7 Å². The van der Waals surface area contributed by atoms with Crippen LogP contribution in [0.4, 0.5) is 0 Å². The molecule has 1 atom stereocenters. The summed E-state index contributed by atoms with van der Waals surface area (Å²) in [6.07, 6.45) is 1.69. The van der Waals surface area contributed by atoms with E-state index < -0.39 is 0 Å². The first kappa shape index (κ1) is 18.5. The molecule has 4 rings (SSSR count). The number of hydrogen-bond donors (Lipinski definition) is 0. The van der Waals surface area contributed by atoms with E-state index in [0.29, 0.717) is 11.1 Å².